The molecule has 0 aliphatic carbocycles. The Labute approximate surface area is 84.2 Å². The number of thiophene rings is 1. The van der Waals surface area contributed by atoms with Crippen molar-refractivity contribution in [3.05, 3.63) is 22.4 Å². The normalized spacial score (nSPS) is 24.8. The first kappa shape index (κ1) is 9.22. The number of hydrogen-bond donors (Lipinski definition) is 1. The van der Waals surface area contributed by atoms with E-state index >= 15 is 0 Å². The summed E-state index contributed by atoms with van der Waals surface area (Å²) in [5, 5.41) is 5.73. The average Bonchev–Trinajstić information content (AvgIpc) is 2.74. The van der Waals surface area contributed by atoms with Gasteiger partial charge in [-0.3, -0.25) is 0 Å². The Balaban J connectivity index is 1.87. The Bertz CT molecular complexity index is 237. The van der Waals surface area contributed by atoms with Gasteiger partial charge in [-0.1, -0.05) is 13.0 Å². The minimum Gasteiger partial charge on any atom is -0.314 e. The molecule has 1 aliphatic rings. The lowest BCUT2D eigenvalue weighted by Gasteiger charge is -2.15. The zero-order valence-electron chi connectivity index (χ0n) is 8.12. The molecular formula is C11H17NS. The molecule has 1 aliphatic heterocycles. The van der Waals surface area contributed by atoms with Crippen molar-refractivity contribution in [2.45, 2.75) is 38.1 Å². The van der Waals surface area contributed by atoms with Gasteiger partial charge in [0.2, 0.25) is 0 Å². The molecular weight excluding hydrogens is 178 g/mol. The van der Waals surface area contributed by atoms with Crippen LogP contribution in [0.1, 0.15) is 37.0 Å². The molecule has 0 aromatic carbocycles. The minimum atomic E-state index is 0.732. The highest BCUT2D eigenvalue weighted by Gasteiger charge is 2.18. The molecule has 13 heavy (non-hydrogen) atoms. The van der Waals surface area contributed by atoms with Crippen molar-refractivity contribution in [3.8, 4) is 0 Å². The molecule has 1 N–H and O–H groups in total. The van der Waals surface area contributed by atoms with E-state index in [4.69, 9.17) is 0 Å². The van der Waals surface area contributed by atoms with Crippen LogP contribution in [-0.4, -0.2) is 12.6 Å². The summed E-state index contributed by atoms with van der Waals surface area (Å²) in [6.45, 7) is 3.56. The Morgan fingerprint density at radius 3 is 3.23 bits per heavy atom. The van der Waals surface area contributed by atoms with E-state index in [0.717, 1.165) is 12.0 Å². The first-order valence-corrected chi connectivity index (χ1v) is 6.01. The van der Waals surface area contributed by atoms with Gasteiger partial charge >= 0.3 is 0 Å². The lowest BCUT2D eigenvalue weighted by molar-refractivity contribution is 0.514. The molecule has 1 nitrogen and oxygen atoms in total. The van der Waals surface area contributed by atoms with Gasteiger partial charge in [0.1, 0.15) is 0 Å². The van der Waals surface area contributed by atoms with E-state index in [-0.39, 0.29) is 0 Å². The molecule has 1 aromatic rings. The van der Waals surface area contributed by atoms with Gasteiger partial charge in [-0.15, -0.1) is 11.3 Å². The van der Waals surface area contributed by atoms with Crippen LogP contribution in [0.5, 0.6) is 0 Å². The summed E-state index contributed by atoms with van der Waals surface area (Å²) >= 11 is 1.89. The Hall–Kier alpha value is -0.340. The summed E-state index contributed by atoms with van der Waals surface area (Å²) in [6.07, 6.45) is 4.04. The maximum atomic E-state index is 3.55. The van der Waals surface area contributed by atoms with Gasteiger partial charge in [0.25, 0.3) is 0 Å². The van der Waals surface area contributed by atoms with Gasteiger partial charge in [0, 0.05) is 10.9 Å². The van der Waals surface area contributed by atoms with E-state index in [1.807, 2.05) is 11.3 Å². The van der Waals surface area contributed by atoms with Crippen molar-refractivity contribution in [2.75, 3.05) is 6.54 Å². The van der Waals surface area contributed by atoms with Crippen LogP contribution in [0.25, 0.3) is 0 Å². The summed E-state index contributed by atoms with van der Waals surface area (Å²) in [5.41, 5.74) is 0. The van der Waals surface area contributed by atoms with Crippen LogP contribution >= 0.6 is 11.3 Å². The second kappa shape index (κ2) is 4.25. The predicted octanol–water partition coefficient (Wildman–Crippen LogP) is 2.99. The van der Waals surface area contributed by atoms with Gasteiger partial charge in [-0.2, -0.15) is 0 Å². The molecule has 0 spiro atoms. The van der Waals surface area contributed by atoms with Crippen LogP contribution in [-0.2, 0) is 0 Å². The second-order valence-corrected chi connectivity index (χ2v) is 4.92. The number of hydrogen-bond acceptors (Lipinski definition) is 2. The summed E-state index contributed by atoms with van der Waals surface area (Å²) in [6, 6.07) is 5.18. The molecule has 1 saturated heterocycles. The third kappa shape index (κ3) is 2.32. The second-order valence-electron chi connectivity index (χ2n) is 3.95. The fraction of sp³-hybridized carbons (Fsp3) is 0.636. The van der Waals surface area contributed by atoms with Crippen LogP contribution in [0.15, 0.2) is 17.5 Å². The number of nitrogens with one attached hydrogen (secondary N) is 1. The zero-order valence-corrected chi connectivity index (χ0v) is 8.94. The first-order chi connectivity index (χ1) is 6.36. The summed E-state index contributed by atoms with van der Waals surface area (Å²) in [4.78, 5) is 1.54. The maximum Gasteiger partial charge on any atom is 0.00740 e. The highest BCUT2D eigenvalue weighted by atomic mass is 32.1. The molecule has 0 radical (unpaired) electrons. The summed E-state index contributed by atoms with van der Waals surface area (Å²) in [5.74, 6) is 0.732. The average molecular weight is 195 g/mol. The lowest BCUT2D eigenvalue weighted by Crippen LogP contribution is -2.22. The van der Waals surface area contributed by atoms with Crippen molar-refractivity contribution < 1.29 is 0 Å². The maximum absolute atomic E-state index is 3.55. The molecule has 2 unspecified atom stereocenters. The smallest absolute Gasteiger partial charge is 0.00740 e. The monoisotopic (exact) mass is 195 g/mol. The van der Waals surface area contributed by atoms with Gasteiger partial charge in [0.05, 0.1) is 0 Å². The van der Waals surface area contributed by atoms with E-state index in [0.29, 0.717) is 0 Å². The van der Waals surface area contributed by atoms with Gasteiger partial charge in [0.15, 0.2) is 0 Å². The fourth-order valence-electron chi connectivity index (χ4n) is 2.07. The van der Waals surface area contributed by atoms with Crippen molar-refractivity contribution in [2.24, 2.45) is 0 Å². The molecule has 2 rings (SSSR count). The largest absolute Gasteiger partial charge is 0.314 e. The van der Waals surface area contributed by atoms with Crippen LogP contribution in [0.4, 0.5) is 0 Å². The van der Waals surface area contributed by atoms with Crippen LogP contribution in [0.3, 0.4) is 0 Å². The SMILES string of the molecule is CC(CC1CCCN1)c1cccs1. The Kier molecular flexibility index (Phi) is 3.01. The van der Waals surface area contributed by atoms with Gasteiger partial charge in [-0.05, 0) is 43.2 Å². The molecule has 0 bridgehead atoms. The van der Waals surface area contributed by atoms with Crippen molar-refractivity contribution >= 4 is 11.3 Å². The predicted molar refractivity (Wildman–Crippen MR) is 58.4 cm³/mol. The van der Waals surface area contributed by atoms with E-state index in [1.165, 1.54) is 30.7 Å². The molecule has 0 amide bonds. The van der Waals surface area contributed by atoms with Crippen molar-refractivity contribution in [3.63, 3.8) is 0 Å². The number of rotatable bonds is 3. The Morgan fingerprint density at radius 2 is 2.62 bits per heavy atom. The fourth-order valence-corrected chi connectivity index (χ4v) is 2.87. The van der Waals surface area contributed by atoms with Gasteiger partial charge < -0.3 is 5.32 Å². The highest BCUT2D eigenvalue weighted by Crippen LogP contribution is 2.26. The molecule has 2 heterocycles. The molecule has 2 atom stereocenters. The van der Waals surface area contributed by atoms with Crippen LogP contribution in [0.2, 0.25) is 0 Å². The first-order valence-electron chi connectivity index (χ1n) is 5.13. The Morgan fingerprint density at radius 1 is 1.69 bits per heavy atom. The van der Waals surface area contributed by atoms with Crippen molar-refractivity contribution in [1.29, 1.82) is 0 Å². The third-order valence-corrected chi connectivity index (χ3v) is 3.93. The van der Waals surface area contributed by atoms with E-state index in [2.05, 4.69) is 29.8 Å². The zero-order chi connectivity index (χ0) is 9.10. The molecule has 0 saturated carbocycles. The quantitative estimate of drug-likeness (QED) is 0.782. The van der Waals surface area contributed by atoms with E-state index in [1.54, 1.807) is 0 Å². The van der Waals surface area contributed by atoms with E-state index < -0.39 is 0 Å². The molecule has 1 fully saturated rings. The van der Waals surface area contributed by atoms with E-state index in [9.17, 15) is 0 Å². The summed E-state index contributed by atoms with van der Waals surface area (Å²) < 4.78 is 0. The highest BCUT2D eigenvalue weighted by molar-refractivity contribution is 7.10. The minimum absolute atomic E-state index is 0.732. The lowest BCUT2D eigenvalue weighted by atomic mass is 9.99. The van der Waals surface area contributed by atoms with Gasteiger partial charge in [-0.25, -0.2) is 0 Å². The molecule has 72 valence electrons. The standard InChI is InChI=1S/C11H17NS/c1-9(11-5-3-7-13-11)8-10-4-2-6-12-10/h3,5,7,9-10,12H,2,4,6,8H2,1H3. The molecule has 2 heteroatoms. The van der Waals surface area contributed by atoms with Crippen LogP contribution in [0, 0.1) is 0 Å². The van der Waals surface area contributed by atoms with Crippen LogP contribution < -0.4 is 5.32 Å². The topological polar surface area (TPSA) is 12.0 Å². The molecule has 1 aromatic heterocycles. The summed E-state index contributed by atoms with van der Waals surface area (Å²) in [7, 11) is 0. The third-order valence-electron chi connectivity index (χ3n) is 2.83. The van der Waals surface area contributed by atoms with Crippen molar-refractivity contribution in [1.82, 2.24) is 5.32 Å².